The summed E-state index contributed by atoms with van der Waals surface area (Å²) in [5, 5.41) is 0.491. The molecule has 0 amide bonds. The molecule has 7 nitrogen and oxygen atoms in total. The average Bonchev–Trinajstić information content (AvgIpc) is 2.86. The molecule has 0 saturated heterocycles. The van der Waals surface area contributed by atoms with E-state index in [1.165, 1.54) is 19.1 Å². The number of aromatic nitrogens is 2. The van der Waals surface area contributed by atoms with E-state index in [9.17, 15) is 9.59 Å². The molecule has 0 unspecified atom stereocenters. The van der Waals surface area contributed by atoms with Crippen LogP contribution in [0.15, 0.2) is 0 Å². The van der Waals surface area contributed by atoms with Gasteiger partial charge in [-0.2, -0.15) is 4.37 Å². The highest BCUT2D eigenvalue weighted by atomic mass is 32.1. The third-order valence-corrected chi connectivity index (χ3v) is 3.23. The molecule has 0 aliphatic rings. The second kappa shape index (κ2) is 6.65. The first kappa shape index (κ1) is 16.4. The molecule has 1 aromatic heterocycles. The number of rotatable bonds is 5. The maximum absolute atomic E-state index is 11.4. The standard InChI is InChI=1S/C12H19N3O4S/c1-12(2,3)10-13-11(20-14-10)15(6-8(16)18-4)7-9(17)19-5/h6-7H2,1-5H3. The SMILES string of the molecule is COC(=O)CN(CC(=O)OC)c1nc(C(C)(C)C)ns1. The van der Waals surface area contributed by atoms with Gasteiger partial charge in [0.05, 0.1) is 14.2 Å². The van der Waals surface area contributed by atoms with Crippen molar-refractivity contribution in [3.05, 3.63) is 5.82 Å². The fourth-order valence-electron chi connectivity index (χ4n) is 1.28. The van der Waals surface area contributed by atoms with E-state index in [0.29, 0.717) is 11.0 Å². The summed E-state index contributed by atoms with van der Waals surface area (Å²) in [6, 6.07) is 0. The molecular formula is C12H19N3O4S. The molecule has 1 heterocycles. The van der Waals surface area contributed by atoms with Crippen molar-refractivity contribution in [3.8, 4) is 0 Å². The second-order valence-corrected chi connectivity index (χ2v) is 5.89. The first-order valence-electron chi connectivity index (χ1n) is 6.00. The van der Waals surface area contributed by atoms with Crippen LogP contribution in [0.4, 0.5) is 5.13 Å². The van der Waals surface area contributed by atoms with Crippen LogP contribution >= 0.6 is 11.5 Å². The van der Waals surface area contributed by atoms with Gasteiger partial charge in [0, 0.05) is 16.9 Å². The minimum atomic E-state index is -0.457. The van der Waals surface area contributed by atoms with Crippen LogP contribution in [0, 0.1) is 0 Å². The van der Waals surface area contributed by atoms with Crippen molar-refractivity contribution in [1.82, 2.24) is 9.36 Å². The number of carbonyl (C=O) groups is 2. The average molecular weight is 301 g/mol. The van der Waals surface area contributed by atoms with Crippen molar-refractivity contribution < 1.29 is 19.1 Å². The smallest absolute Gasteiger partial charge is 0.325 e. The van der Waals surface area contributed by atoms with Crippen molar-refractivity contribution >= 4 is 28.6 Å². The molecule has 20 heavy (non-hydrogen) atoms. The molecule has 0 aromatic carbocycles. The predicted molar refractivity (Wildman–Crippen MR) is 74.9 cm³/mol. The Labute approximate surface area is 122 Å². The molecule has 112 valence electrons. The van der Waals surface area contributed by atoms with E-state index in [1.807, 2.05) is 20.8 Å². The summed E-state index contributed by atoms with van der Waals surface area (Å²) in [5.74, 6) is -0.250. The molecular weight excluding hydrogens is 282 g/mol. The summed E-state index contributed by atoms with van der Waals surface area (Å²) in [5.41, 5.74) is -0.197. The normalized spacial score (nSPS) is 11.1. The van der Waals surface area contributed by atoms with Gasteiger partial charge >= 0.3 is 11.9 Å². The van der Waals surface area contributed by atoms with Gasteiger partial charge in [0.1, 0.15) is 18.9 Å². The molecule has 8 heteroatoms. The van der Waals surface area contributed by atoms with Crippen molar-refractivity contribution in [1.29, 1.82) is 0 Å². The molecule has 0 radical (unpaired) electrons. The summed E-state index contributed by atoms with van der Waals surface area (Å²) in [4.78, 5) is 28.7. The number of methoxy groups -OCH3 is 2. The molecule has 0 spiro atoms. The summed E-state index contributed by atoms with van der Waals surface area (Å²) in [6.07, 6.45) is 0. The van der Waals surface area contributed by atoms with Gasteiger partial charge in [-0.05, 0) is 0 Å². The Hall–Kier alpha value is -1.70. The summed E-state index contributed by atoms with van der Waals surface area (Å²) < 4.78 is 13.5. The predicted octanol–water partition coefficient (Wildman–Crippen LogP) is 0.988. The first-order chi connectivity index (χ1) is 9.27. The van der Waals surface area contributed by atoms with Crippen LogP contribution < -0.4 is 4.90 Å². The quantitative estimate of drug-likeness (QED) is 0.750. The number of hydrogen-bond acceptors (Lipinski definition) is 8. The van der Waals surface area contributed by atoms with E-state index in [-0.39, 0.29) is 18.5 Å². The van der Waals surface area contributed by atoms with Crippen molar-refractivity contribution in [2.45, 2.75) is 26.2 Å². The van der Waals surface area contributed by atoms with Crippen LogP contribution in [0.1, 0.15) is 26.6 Å². The van der Waals surface area contributed by atoms with Crippen LogP contribution in [0.2, 0.25) is 0 Å². The molecule has 0 saturated carbocycles. The van der Waals surface area contributed by atoms with Gasteiger partial charge in [0.25, 0.3) is 0 Å². The summed E-state index contributed by atoms with van der Waals surface area (Å²) in [6.45, 7) is 5.81. The second-order valence-electron chi connectivity index (χ2n) is 5.16. The van der Waals surface area contributed by atoms with Crippen LogP contribution in [0.5, 0.6) is 0 Å². The van der Waals surface area contributed by atoms with E-state index in [4.69, 9.17) is 0 Å². The number of nitrogens with zero attached hydrogens (tertiary/aromatic N) is 3. The Balaban J connectivity index is 2.94. The first-order valence-corrected chi connectivity index (χ1v) is 6.78. The number of carbonyl (C=O) groups excluding carboxylic acids is 2. The number of esters is 2. The molecule has 1 rings (SSSR count). The largest absolute Gasteiger partial charge is 0.468 e. The monoisotopic (exact) mass is 301 g/mol. The zero-order valence-corrected chi connectivity index (χ0v) is 13.1. The zero-order chi connectivity index (χ0) is 15.3. The Morgan fingerprint density at radius 3 is 2.00 bits per heavy atom. The Kier molecular flexibility index (Phi) is 5.43. The molecule has 0 bridgehead atoms. The van der Waals surface area contributed by atoms with E-state index < -0.39 is 11.9 Å². The minimum Gasteiger partial charge on any atom is -0.468 e. The fraction of sp³-hybridized carbons (Fsp3) is 0.667. The maximum atomic E-state index is 11.4. The van der Waals surface area contributed by atoms with Crippen molar-refractivity contribution in [2.24, 2.45) is 0 Å². The van der Waals surface area contributed by atoms with Crippen LogP contribution in [0.25, 0.3) is 0 Å². The molecule has 1 aromatic rings. The third-order valence-electron chi connectivity index (χ3n) is 2.45. The highest BCUT2D eigenvalue weighted by molar-refractivity contribution is 7.09. The van der Waals surface area contributed by atoms with Gasteiger partial charge in [0.2, 0.25) is 5.13 Å². The van der Waals surface area contributed by atoms with Gasteiger partial charge in [-0.25, -0.2) is 4.98 Å². The molecule has 0 fully saturated rings. The fourth-order valence-corrected chi connectivity index (χ4v) is 2.14. The van der Waals surface area contributed by atoms with Crippen molar-refractivity contribution in [3.63, 3.8) is 0 Å². The van der Waals surface area contributed by atoms with E-state index in [0.717, 1.165) is 11.5 Å². The van der Waals surface area contributed by atoms with E-state index in [2.05, 4.69) is 18.8 Å². The zero-order valence-electron chi connectivity index (χ0n) is 12.3. The highest BCUT2D eigenvalue weighted by Gasteiger charge is 2.24. The lowest BCUT2D eigenvalue weighted by Crippen LogP contribution is -2.35. The van der Waals surface area contributed by atoms with Gasteiger partial charge in [-0.3, -0.25) is 9.59 Å². The molecule has 0 N–H and O–H groups in total. The molecule has 0 aliphatic carbocycles. The van der Waals surface area contributed by atoms with Crippen molar-refractivity contribution in [2.75, 3.05) is 32.2 Å². The van der Waals surface area contributed by atoms with E-state index in [1.54, 1.807) is 0 Å². The lowest BCUT2D eigenvalue weighted by atomic mass is 9.96. The Morgan fingerprint density at radius 2 is 1.65 bits per heavy atom. The van der Waals surface area contributed by atoms with Crippen LogP contribution in [0.3, 0.4) is 0 Å². The summed E-state index contributed by atoms with van der Waals surface area (Å²) >= 11 is 1.14. The Bertz CT molecular complexity index is 463. The van der Waals surface area contributed by atoms with E-state index >= 15 is 0 Å². The van der Waals surface area contributed by atoms with Gasteiger partial charge in [-0.15, -0.1) is 0 Å². The lowest BCUT2D eigenvalue weighted by Gasteiger charge is -2.18. The minimum absolute atomic E-state index is 0.0790. The molecule has 0 atom stereocenters. The van der Waals surface area contributed by atoms with Gasteiger partial charge in [0.15, 0.2) is 0 Å². The van der Waals surface area contributed by atoms with Gasteiger partial charge < -0.3 is 14.4 Å². The lowest BCUT2D eigenvalue weighted by molar-refractivity contribution is -0.140. The number of ether oxygens (including phenoxy) is 2. The number of anilines is 1. The van der Waals surface area contributed by atoms with Gasteiger partial charge in [-0.1, -0.05) is 20.8 Å². The number of hydrogen-bond donors (Lipinski definition) is 0. The highest BCUT2D eigenvalue weighted by Crippen LogP contribution is 2.25. The van der Waals surface area contributed by atoms with Crippen LogP contribution in [-0.4, -0.2) is 48.6 Å². The topological polar surface area (TPSA) is 81.6 Å². The maximum Gasteiger partial charge on any atom is 0.325 e. The molecule has 0 aliphatic heterocycles. The third kappa shape index (κ3) is 4.44. The van der Waals surface area contributed by atoms with Crippen LogP contribution in [-0.2, 0) is 24.5 Å². The Morgan fingerprint density at radius 1 is 1.15 bits per heavy atom. The summed E-state index contributed by atoms with van der Waals surface area (Å²) in [7, 11) is 2.58.